The molecule has 146 valence electrons. The Morgan fingerprint density at radius 3 is 2.54 bits per heavy atom. The molecule has 3 rings (SSSR count). The first-order chi connectivity index (χ1) is 13.7. The smallest absolute Gasteiger partial charge is 0.328 e. The number of thiazole rings is 1. The number of rotatable bonds is 7. The molecule has 0 spiro atoms. The van der Waals surface area contributed by atoms with E-state index in [4.69, 9.17) is 9.47 Å². The average Bonchev–Trinajstić information content (AvgIpc) is 3.22. The molecule has 1 aromatic heterocycles. The molecule has 0 aliphatic heterocycles. The lowest BCUT2D eigenvalue weighted by Gasteiger charge is -2.20. The molecule has 0 fully saturated rings. The number of ether oxygens (including phenoxy) is 2. The Kier molecular flexibility index (Phi) is 6.49. The van der Waals surface area contributed by atoms with Gasteiger partial charge in [0.25, 0.3) is 0 Å². The number of methoxy groups -OCH3 is 2. The summed E-state index contributed by atoms with van der Waals surface area (Å²) in [6, 6.07) is 15.0. The topological polar surface area (TPSA) is 63.7 Å². The third kappa shape index (κ3) is 4.43. The molecule has 0 unspecified atom stereocenters. The number of carbonyl (C=O) groups excluding carboxylic acids is 1. The zero-order valence-electron chi connectivity index (χ0n) is 16.1. The van der Waals surface area contributed by atoms with Crippen molar-refractivity contribution in [1.29, 1.82) is 0 Å². The van der Waals surface area contributed by atoms with Gasteiger partial charge in [-0.05, 0) is 18.6 Å². The Hall–Kier alpha value is -3.06. The summed E-state index contributed by atoms with van der Waals surface area (Å²) in [4.78, 5) is 19.2. The molecule has 0 aliphatic rings. The van der Waals surface area contributed by atoms with E-state index in [9.17, 15) is 4.79 Å². The molecule has 0 saturated carbocycles. The van der Waals surface area contributed by atoms with E-state index in [1.54, 1.807) is 37.3 Å². The van der Waals surface area contributed by atoms with Gasteiger partial charge in [-0.15, -0.1) is 11.3 Å². The molecule has 0 bridgehead atoms. The fourth-order valence-corrected chi connectivity index (χ4v) is 3.60. The van der Waals surface area contributed by atoms with Crippen LogP contribution < -0.4 is 19.7 Å². The Morgan fingerprint density at radius 1 is 1.11 bits per heavy atom. The van der Waals surface area contributed by atoms with Crippen molar-refractivity contribution in [2.45, 2.75) is 13.3 Å². The molecule has 7 heteroatoms. The molecule has 2 aromatic carbocycles. The second-order valence-electron chi connectivity index (χ2n) is 6.03. The Balaban J connectivity index is 1.80. The lowest BCUT2D eigenvalue weighted by Crippen LogP contribution is -2.35. The predicted octanol–water partition coefficient (Wildman–Crippen LogP) is 5.28. The maximum Gasteiger partial charge on any atom is 0.328 e. The molecule has 3 aromatic rings. The van der Waals surface area contributed by atoms with Gasteiger partial charge in [0.1, 0.15) is 0 Å². The van der Waals surface area contributed by atoms with Crippen LogP contribution in [0.25, 0.3) is 11.3 Å². The van der Waals surface area contributed by atoms with Crippen LogP contribution >= 0.6 is 11.3 Å². The summed E-state index contributed by atoms with van der Waals surface area (Å²) < 4.78 is 10.5. The normalized spacial score (nSPS) is 10.4. The molecule has 0 radical (unpaired) electrons. The molecule has 0 aliphatic carbocycles. The largest absolute Gasteiger partial charge is 0.493 e. The van der Waals surface area contributed by atoms with E-state index in [0.29, 0.717) is 28.9 Å². The van der Waals surface area contributed by atoms with Gasteiger partial charge in [-0.25, -0.2) is 9.78 Å². The van der Waals surface area contributed by atoms with Gasteiger partial charge in [-0.3, -0.25) is 4.90 Å². The van der Waals surface area contributed by atoms with Gasteiger partial charge in [0.15, 0.2) is 16.6 Å². The van der Waals surface area contributed by atoms with Gasteiger partial charge in [0.2, 0.25) is 0 Å². The highest BCUT2D eigenvalue weighted by Crippen LogP contribution is 2.31. The van der Waals surface area contributed by atoms with Crippen LogP contribution in [0.1, 0.15) is 13.3 Å². The zero-order chi connectivity index (χ0) is 19.9. The van der Waals surface area contributed by atoms with Crippen LogP contribution in [-0.2, 0) is 0 Å². The van der Waals surface area contributed by atoms with Crippen LogP contribution in [0.5, 0.6) is 11.5 Å². The van der Waals surface area contributed by atoms with Crippen molar-refractivity contribution in [2.75, 3.05) is 31.0 Å². The van der Waals surface area contributed by atoms with Gasteiger partial charge >= 0.3 is 6.03 Å². The Bertz CT molecular complexity index is 928. The van der Waals surface area contributed by atoms with Crippen LogP contribution in [0, 0.1) is 0 Å². The van der Waals surface area contributed by atoms with Gasteiger partial charge in [0.05, 0.1) is 19.9 Å². The summed E-state index contributed by atoms with van der Waals surface area (Å²) in [6.45, 7) is 2.60. The van der Waals surface area contributed by atoms with E-state index >= 15 is 0 Å². The number of hydrogen-bond acceptors (Lipinski definition) is 5. The first-order valence-corrected chi connectivity index (χ1v) is 9.85. The van der Waals surface area contributed by atoms with Crippen LogP contribution in [0.15, 0.2) is 53.9 Å². The molecule has 6 nitrogen and oxygen atoms in total. The summed E-state index contributed by atoms with van der Waals surface area (Å²) in [7, 11) is 3.14. The van der Waals surface area contributed by atoms with Crippen molar-refractivity contribution >= 4 is 28.2 Å². The van der Waals surface area contributed by atoms with Crippen molar-refractivity contribution in [1.82, 2.24) is 4.98 Å². The number of urea groups is 1. The van der Waals surface area contributed by atoms with E-state index in [-0.39, 0.29) is 6.03 Å². The van der Waals surface area contributed by atoms with Gasteiger partial charge in [-0.2, -0.15) is 0 Å². The quantitative estimate of drug-likeness (QED) is 0.589. The average molecular weight is 398 g/mol. The van der Waals surface area contributed by atoms with E-state index < -0.39 is 0 Å². The Labute approximate surface area is 168 Å². The molecule has 28 heavy (non-hydrogen) atoms. The highest BCUT2D eigenvalue weighted by atomic mass is 32.1. The number of anilines is 2. The van der Waals surface area contributed by atoms with Crippen LogP contribution in [-0.4, -0.2) is 31.8 Å². The summed E-state index contributed by atoms with van der Waals surface area (Å²) in [5.74, 6) is 1.17. The van der Waals surface area contributed by atoms with Crippen LogP contribution in [0.3, 0.4) is 0 Å². The van der Waals surface area contributed by atoms with Crippen LogP contribution in [0.2, 0.25) is 0 Å². The summed E-state index contributed by atoms with van der Waals surface area (Å²) in [5, 5.41) is 5.55. The number of carbonyl (C=O) groups is 1. The number of benzene rings is 2. The van der Waals surface area contributed by atoms with E-state index in [0.717, 1.165) is 17.7 Å². The molecule has 0 saturated heterocycles. The minimum Gasteiger partial charge on any atom is -0.493 e. The highest BCUT2D eigenvalue weighted by molar-refractivity contribution is 7.14. The van der Waals surface area contributed by atoms with Crippen molar-refractivity contribution in [2.24, 2.45) is 0 Å². The minimum atomic E-state index is -0.233. The fraction of sp³-hybridized carbons (Fsp3) is 0.238. The molecule has 2 amide bonds. The van der Waals surface area contributed by atoms with Gasteiger partial charge in [-0.1, -0.05) is 37.3 Å². The lowest BCUT2D eigenvalue weighted by molar-refractivity contribution is 0.257. The second-order valence-corrected chi connectivity index (χ2v) is 6.87. The van der Waals surface area contributed by atoms with Crippen LogP contribution in [0.4, 0.5) is 15.6 Å². The lowest BCUT2D eigenvalue weighted by atomic mass is 10.2. The molecular weight excluding hydrogens is 374 g/mol. The SMILES string of the molecule is CCCN(C(=O)Nc1ccc(OC)c(OC)c1)c1nc(-c2ccccc2)cs1. The number of nitrogens with one attached hydrogen (secondary N) is 1. The summed E-state index contributed by atoms with van der Waals surface area (Å²) in [5.41, 5.74) is 2.52. The first kappa shape index (κ1) is 19.7. The van der Waals surface area contributed by atoms with Crippen molar-refractivity contribution < 1.29 is 14.3 Å². The molecule has 1 heterocycles. The molecule has 0 atom stereocenters. The molecular formula is C21H23N3O3S. The maximum atomic E-state index is 12.9. The fourth-order valence-electron chi connectivity index (χ4n) is 2.74. The number of aromatic nitrogens is 1. The third-order valence-corrected chi connectivity index (χ3v) is 4.98. The van der Waals surface area contributed by atoms with Crippen molar-refractivity contribution in [3.63, 3.8) is 0 Å². The van der Waals surface area contributed by atoms with Crippen molar-refractivity contribution in [3.05, 3.63) is 53.9 Å². The predicted molar refractivity (Wildman–Crippen MR) is 114 cm³/mol. The standard InChI is InChI=1S/C21H23N3O3S/c1-4-12-24(21-23-17(14-28-21)15-8-6-5-7-9-15)20(25)22-16-10-11-18(26-2)19(13-16)27-3/h5-11,13-14H,4,12H2,1-3H3,(H,22,25). The highest BCUT2D eigenvalue weighted by Gasteiger charge is 2.19. The second kappa shape index (κ2) is 9.23. The summed E-state index contributed by atoms with van der Waals surface area (Å²) in [6.07, 6.45) is 0.819. The van der Waals surface area contributed by atoms with E-state index in [1.165, 1.54) is 11.3 Å². The van der Waals surface area contributed by atoms with Gasteiger partial charge < -0.3 is 14.8 Å². The minimum absolute atomic E-state index is 0.233. The monoisotopic (exact) mass is 397 g/mol. The van der Waals surface area contributed by atoms with Crippen molar-refractivity contribution in [3.8, 4) is 22.8 Å². The maximum absolute atomic E-state index is 12.9. The molecule has 1 N–H and O–H groups in total. The van der Waals surface area contributed by atoms with Gasteiger partial charge in [0, 0.05) is 29.2 Å². The number of amides is 2. The summed E-state index contributed by atoms with van der Waals surface area (Å²) >= 11 is 1.45. The zero-order valence-corrected chi connectivity index (χ0v) is 17.0. The first-order valence-electron chi connectivity index (χ1n) is 8.97. The third-order valence-electron chi connectivity index (χ3n) is 4.12. The van der Waals surface area contributed by atoms with E-state index in [2.05, 4.69) is 10.3 Å². The number of nitrogens with zero attached hydrogens (tertiary/aromatic N) is 2. The number of hydrogen-bond donors (Lipinski definition) is 1. The Morgan fingerprint density at radius 2 is 1.86 bits per heavy atom. The van der Waals surface area contributed by atoms with E-state index in [1.807, 2.05) is 42.6 Å².